The number of methoxy groups -OCH3 is 1. The minimum Gasteiger partial charge on any atom is -0.496 e. The SMILES string of the molecule is COc1cccc(Cl)c1CNC(C)CN1CCCCC1. The topological polar surface area (TPSA) is 24.5 Å². The normalized spacial score (nSPS) is 17.9. The lowest BCUT2D eigenvalue weighted by atomic mass is 10.1. The Morgan fingerprint density at radius 1 is 1.30 bits per heavy atom. The summed E-state index contributed by atoms with van der Waals surface area (Å²) in [6.07, 6.45) is 4.06. The van der Waals surface area contributed by atoms with Crippen molar-refractivity contribution in [1.82, 2.24) is 10.2 Å². The Labute approximate surface area is 127 Å². The summed E-state index contributed by atoms with van der Waals surface area (Å²) in [6.45, 7) is 6.56. The van der Waals surface area contributed by atoms with Crippen LogP contribution in [0.2, 0.25) is 5.02 Å². The van der Waals surface area contributed by atoms with Gasteiger partial charge in [0.1, 0.15) is 5.75 Å². The third kappa shape index (κ3) is 4.37. The average molecular weight is 297 g/mol. The number of likely N-dealkylation sites (tertiary alicyclic amines) is 1. The number of ether oxygens (including phenoxy) is 1. The fraction of sp³-hybridized carbons (Fsp3) is 0.625. The summed E-state index contributed by atoms with van der Waals surface area (Å²) in [5, 5.41) is 4.32. The van der Waals surface area contributed by atoms with Gasteiger partial charge in [-0.25, -0.2) is 0 Å². The molecule has 0 saturated carbocycles. The second kappa shape index (κ2) is 7.87. The number of hydrogen-bond donors (Lipinski definition) is 1. The molecule has 1 N–H and O–H groups in total. The highest BCUT2D eigenvalue weighted by Crippen LogP contribution is 2.26. The molecule has 0 bridgehead atoms. The van der Waals surface area contributed by atoms with Crippen LogP contribution >= 0.6 is 11.6 Å². The molecule has 1 fully saturated rings. The quantitative estimate of drug-likeness (QED) is 0.871. The van der Waals surface area contributed by atoms with Gasteiger partial charge in [-0.3, -0.25) is 0 Å². The van der Waals surface area contributed by atoms with E-state index in [9.17, 15) is 0 Å². The average Bonchev–Trinajstić information content (AvgIpc) is 2.46. The molecular weight excluding hydrogens is 272 g/mol. The maximum absolute atomic E-state index is 6.25. The summed E-state index contributed by atoms with van der Waals surface area (Å²) in [5.74, 6) is 0.857. The van der Waals surface area contributed by atoms with Crippen LogP contribution in [-0.4, -0.2) is 37.7 Å². The largest absolute Gasteiger partial charge is 0.496 e. The van der Waals surface area contributed by atoms with Crippen LogP contribution in [0.25, 0.3) is 0 Å². The second-order valence-electron chi connectivity index (χ2n) is 5.56. The molecule has 1 saturated heterocycles. The zero-order valence-electron chi connectivity index (χ0n) is 12.5. The van der Waals surface area contributed by atoms with Crippen LogP contribution in [0.15, 0.2) is 18.2 Å². The molecule has 4 heteroatoms. The first kappa shape index (κ1) is 15.6. The van der Waals surface area contributed by atoms with Gasteiger partial charge in [0.15, 0.2) is 0 Å². The van der Waals surface area contributed by atoms with E-state index in [2.05, 4.69) is 17.1 Å². The molecule has 0 amide bonds. The molecule has 1 atom stereocenters. The first-order valence-corrected chi connectivity index (χ1v) is 7.85. The molecule has 1 aromatic carbocycles. The van der Waals surface area contributed by atoms with Crippen LogP contribution in [0.3, 0.4) is 0 Å². The predicted molar refractivity (Wildman–Crippen MR) is 84.6 cm³/mol. The monoisotopic (exact) mass is 296 g/mol. The third-order valence-electron chi connectivity index (χ3n) is 3.90. The fourth-order valence-corrected chi connectivity index (χ4v) is 3.00. The lowest BCUT2D eigenvalue weighted by Crippen LogP contribution is -2.41. The Bertz CT molecular complexity index is 419. The van der Waals surface area contributed by atoms with Crippen molar-refractivity contribution in [3.63, 3.8) is 0 Å². The Kier molecular flexibility index (Phi) is 6.14. The van der Waals surface area contributed by atoms with E-state index in [-0.39, 0.29) is 0 Å². The van der Waals surface area contributed by atoms with Crippen molar-refractivity contribution in [2.45, 2.75) is 38.8 Å². The Morgan fingerprint density at radius 2 is 2.05 bits per heavy atom. The molecule has 0 aliphatic carbocycles. The van der Waals surface area contributed by atoms with Crippen LogP contribution < -0.4 is 10.1 Å². The Hall–Kier alpha value is -0.770. The van der Waals surface area contributed by atoms with E-state index in [1.165, 1.54) is 32.4 Å². The summed E-state index contributed by atoms with van der Waals surface area (Å²) in [6, 6.07) is 6.24. The molecule has 1 aliphatic rings. The van der Waals surface area contributed by atoms with Gasteiger partial charge in [0.25, 0.3) is 0 Å². The smallest absolute Gasteiger partial charge is 0.124 e. The van der Waals surface area contributed by atoms with Gasteiger partial charge in [-0.05, 0) is 45.0 Å². The van der Waals surface area contributed by atoms with Crippen molar-refractivity contribution >= 4 is 11.6 Å². The number of nitrogens with one attached hydrogen (secondary N) is 1. The molecule has 1 aliphatic heterocycles. The molecule has 0 radical (unpaired) electrons. The molecule has 112 valence electrons. The van der Waals surface area contributed by atoms with Gasteiger partial charge < -0.3 is 15.0 Å². The summed E-state index contributed by atoms with van der Waals surface area (Å²) in [5.41, 5.74) is 1.04. The van der Waals surface area contributed by atoms with Crippen molar-refractivity contribution in [2.75, 3.05) is 26.7 Å². The van der Waals surface area contributed by atoms with Gasteiger partial charge >= 0.3 is 0 Å². The number of nitrogens with zero attached hydrogens (tertiary/aromatic N) is 1. The minimum atomic E-state index is 0.453. The molecule has 0 aromatic heterocycles. The number of rotatable bonds is 6. The van der Waals surface area contributed by atoms with E-state index in [1.54, 1.807) is 7.11 Å². The van der Waals surface area contributed by atoms with Crippen molar-refractivity contribution in [3.05, 3.63) is 28.8 Å². The first-order chi connectivity index (χ1) is 9.70. The van der Waals surface area contributed by atoms with Crippen LogP contribution in [-0.2, 0) is 6.54 Å². The molecule has 1 heterocycles. The molecule has 1 aromatic rings. The van der Waals surface area contributed by atoms with Crippen LogP contribution in [0.1, 0.15) is 31.7 Å². The van der Waals surface area contributed by atoms with Gasteiger partial charge in [0.05, 0.1) is 7.11 Å². The number of piperidine rings is 1. The Balaban J connectivity index is 1.85. The van der Waals surface area contributed by atoms with E-state index in [4.69, 9.17) is 16.3 Å². The van der Waals surface area contributed by atoms with Gasteiger partial charge in [0, 0.05) is 29.7 Å². The summed E-state index contributed by atoms with van der Waals surface area (Å²) < 4.78 is 5.37. The van der Waals surface area contributed by atoms with Crippen molar-refractivity contribution < 1.29 is 4.74 Å². The van der Waals surface area contributed by atoms with Crippen LogP contribution in [0, 0.1) is 0 Å². The molecule has 1 unspecified atom stereocenters. The van der Waals surface area contributed by atoms with Crippen LogP contribution in [0.5, 0.6) is 5.75 Å². The maximum atomic E-state index is 6.25. The zero-order valence-corrected chi connectivity index (χ0v) is 13.2. The molecule has 2 rings (SSSR count). The predicted octanol–water partition coefficient (Wildman–Crippen LogP) is 3.31. The lowest BCUT2D eigenvalue weighted by Gasteiger charge is -2.29. The lowest BCUT2D eigenvalue weighted by molar-refractivity contribution is 0.208. The van der Waals surface area contributed by atoms with E-state index < -0.39 is 0 Å². The zero-order chi connectivity index (χ0) is 14.4. The fourth-order valence-electron chi connectivity index (χ4n) is 2.77. The number of benzene rings is 1. The summed E-state index contributed by atoms with van der Waals surface area (Å²) in [4.78, 5) is 2.55. The molecule has 0 spiro atoms. The molecule has 20 heavy (non-hydrogen) atoms. The van der Waals surface area contributed by atoms with E-state index in [0.29, 0.717) is 6.04 Å². The standard InChI is InChI=1S/C16H25ClN2O/c1-13(12-19-9-4-3-5-10-19)18-11-14-15(17)7-6-8-16(14)20-2/h6-8,13,18H,3-5,9-12H2,1-2H3. The first-order valence-electron chi connectivity index (χ1n) is 7.48. The number of halogens is 1. The van der Waals surface area contributed by atoms with Crippen molar-refractivity contribution in [3.8, 4) is 5.75 Å². The summed E-state index contributed by atoms with van der Waals surface area (Å²) >= 11 is 6.25. The van der Waals surface area contributed by atoms with E-state index >= 15 is 0 Å². The van der Waals surface area contributed by atoms with Gasteiger partial charge in [0.2, 0.25) is 0 Å². The molecule has 3 nitrogen and oxygen atoms in total. The van der Waals surface area contributed by atoms with Gasteiger partial charge in [-0.15, -0.1) is 0 Å². The maximum Gasteiger partial charge on any atom is 0.124 e. The van der Waals surface area contributed by atoms with E-state index in [1.807, 2.05) is 18.2 Å². The highest BCUT2D eigenvalue weighted by Gasteiger charge is 2.14. The van der Waals surface area contributed by atoms with Gasteiger partial charge in [-0.1, -0.05) is 24.1 Å². The van der Waals surface area contributed by atoms with E-state index in [0.717, 1.165) is 29.4 Å². The highest BCUT2D eigenvalue weighted by molar-refractivity contribution is 6.31. The Morgan fingerprint density at radius 3 is 2.75 bits per heavy atom. The minimum absolute atomic E-state index is 0.453. The highest BCUT2D eigenvalue weighted by atomic mass is 35.5. The number of hydrogen-bond acceptors (Lipinski definition) is 3. The van der Waals surface area contributed by atoms with Crippen molar-refractivity contribution in [1.29, 1.82) is 0 Å². The summed E-state index contributed by atoms with van der Waals surface area (Å²) in [7, 11) is 1.69. The second-order valence-corrected chi connectivity index (χ2v) is 5.97. The van der Waals surface area contributed by atoms with Crippen molar-refractivity contribution in [2.24, 2.45) is 0 Å². The van der Waals surface area contributed by atoms with Gasteiger partial charge in [-0.2, -0.15) is 0 Å². The third-order valence-corrected chi connectivity index (χ3v) is 4.26. The van der Waals surface area contributed by atoms with Crippen LogP contribution in [0.4, 0.5) is 0 Å². The molecular formula is C16H25ClN2O.